The minimum absolute atomic E-state index is 0. The molecular formula is C5H9N2Ru. The Morgan fingerprint density at radius 2 is 2.62 bits per heavy atom. The van der Waals surface area contributed by atoms with Gasteiger partial charge in [-0.3, -0.25) is 0 Å². The fourth-order valence-corrected chi connectivity index (χ4v) is 0.570. The van der Waals surface area contributed by atoms with Crippen molar-refractivity contribution in [2.24, 2.45) is 0 Å². The minimum atomic E-state index is 0. The summed E-state index contributed by atoms with van der Waals surface area (Å²) in [5.74, 6) is 0. The molecule has 0 aromatic rings. The van der Waals surface area contributed by atoms with Gasteiger partial charge in [-0.25, -0.2) is 0 Å². The Bertz CT molecular complexity index is 90.4. The molecular weight excluding hydrogens is 189 g/mol. The molecule has 1 radical (unpaired) electrons. The normalized spacial score (nSPS) is 15.4. The summed E-state index contributed by atoms with van der Waals surface area (Å²) in [5, 5.41) is 7.10. The monoisotopic (exact) mass is 199 g/mol. The van der Waals surface area contributed by atoms with E-state index in [1.165, 1.54) is 5.70 Å². The van der Waals surface area contributed by atoms with Crippen molar-refractivity contribution in [1.82, 2.24) is 5.32 Å². The van der Waals surface area contributed by atoms with Gasteiger partial charge in [0.25, 0.3) is 0 Å². The zero-order chi connectivity index (χ0) is 5.11. The third-order valence-electron chi connectivity index (χ3n) is 1.00. The summed E-state index contributed by atoms with van der Waals surface area (Å²) in [6.45, 7) is 2.88. The topological polar surface area (TPSA) is 26.1 Å². The van der Waals surface area contributed by atoms with Crippen LogP contribution in [0.2, 0.25) is 0 Å². The molecule has 0 bridgehead atoms. The SMILES string of the molecule is CCC1=CNC[N-]1.[Ru+]. The summed E-state index contributed by atoms with van der Waals surface area (Å²) in [6.07, 6.45) is 3.01. The van der Waals surface area contributed by atoms with Crippen molar-refractivity contribution in [3.05, 3.63) is 17.2 Å². The van der Waals surface area contributed by atoms with Crippen LogP contribution in [0.25, 0.3) is 5.32 Å². The molecule has 0 saturated carbocycles. The molecule has 47 valence electrons. The van der Waals surface area contributed by atoms with E-state index in [2.05, 4.69) is 17.6 Å². The van der Waals surface area contributed by atoms with Crippen molar-refractivity contribution in [1.29, 1.82) is 0 Å². The molecule has 0 fully saturated rings. The summed E-state index contributed by atoms with van der Waals surface area (Å²) >= 11 is 0. The van der Waals surface area contributed by atoms with Crippen molar-refractivity contribution in [3.63, 3.8) is 0 Å². The first kappa shape index (κ1) is 7.96. The van der Waals surface area contributed by atoms with Crippen LogP contribution in [0, 0.1) is 0 Å². The fraction of sp³-hybridized carbons (Fsp3) is 0.600. The minimum Gasteiger partial charge on any atom is -0.670 e. The number of rotatable bonds is 1. The van der Waals surface area contributed by atoms with Crippen LogP contribution in [-0.4, -0.2) is 6.67 Å². The van der Waals surface area contributed by atoms with Crippen LogP contribution >= 0.6 is 0 Å². The van der Waals surface area contributed by atoms with Gasteiger partial charge in [-0.05, 0) is 6.20 Å². The predicted molar refractivity (Wildman–Crippen MR) is 29.7 cm³/mol. The quantitative estimate of drug-likeness (QED) is 0.629. The number of nitrogens with zero attached hydrogens (tertiary/aromatic N) is 1. The Balaban J connectivity index is 0.000000490. The van der Waals surface area contributed by atoms with E-state index < -0.39 is 0 Å². The largest absolute Gasteiger partial charge is 1.00 e. The summed E-state index contributed by atoms with van der Waals surface area (Å²) in [5.41, 5.74) is 1.18. The second-order valence-electron chi connectivity index (χ2n) is 1.51. The average Bonchev–Trinajstić information content (AvgIpc) is 2.14. The van der Waals surface area contributed by atoms with Crippen LogP contribution in [0.4, 0.5) is 0 Å². The number of hydrogen-bond acceptors (Lipinski definition) is 1. The molecule has 1 aliphatic rings. The number of hydrogen-bond donors (Lipinski definition) is 1. The first-order valence-electron chi connectivity index (χ1n) is 2.53. The Labute approximate surface area is 62.5 Å². The molecule has 0 atom stereocenters. The van der Waals surface area contributed by atoms with E-state index in [0.29, 0.717) is 0 Å². The Hall–Kier alpha value is -0.0366. The Morgan fingerprint density at radius 1 is 1.88 bits per heavy atom. The Kier molecular flexibility index (Phi) is 3.89. The van der Waals surface area contributed by atoms with Gasteiger partial charge < -0.3 is 10.6 Å². The maximum atomic E-state index is 4.10. The van der Waals surface area contributed by atoms with Gasteiger partial charge in [-0.1, -0.05) is 20.0 Å². The molecule has 1 heterocycles. The van der Waals surface area contributed by atoms with Crippen LogP contribution in [0.1, 0.15) is 13.3 Å². The molecule has 2 nitrogen and oxygen atoms in total. The number of nitrogens with one attached hydrogen (secondary N) is 1. The average molecular weight is 198 g/mol. The fourth-order valence-electron chi connectivity index (χ4n) is 0.570. The van der Waals surface area contributed by atoms with Gasteiger partial charge in [0.2, 0.25) is 0 Å². The van der Waals surface area contributed by atoms with Crippen molar-refractivity contribution >= 4 is 0 Å². The third kappa shape index (κ3) is 1.83. The molecule has 0 saturated heterocycles. The van der Waals surface area contributed by atoms with Gasteiger partial charge in [0.05, 0.1) is 0 Å². The maximum absolute atomic E-state index is 4.10. The first-order valence-corrected chi connectivity index (χ1v) is 2.53. The zero-order valence-electron chi connectivity index (χ0n) is 4.79. The van der Waals surface area contributed by atoms with Crippen LogP contribution in [0.15, 0.2) is 11.9 Å². The third-order valence-corrected chi connectivity index (χ3v) is 1.00. The smallest absolute Gasteiger partial charge is 0.670 e. The van der Waals surface area contributed by atoms with Crippen molar-refractivity contribution in [3.8, 4) is 0 Å². The van der Waals surface area contributed by atoms with Gasteiger partial charge in [0, 0.05) is 0 Å². The molecule has 0 amide bonds. The second kappa shape index (κ2) is 3.90. The van der Waals surface area contributed by atoms with Gasteiger partial charge >= 0.3 is 19.5 Å². The molecule has 1 aliphatic heterocycles. The first-order chi connectivity index (χ1) is 3.43. The van der Waals surface area contributed by atoms with E-state index in [1.807, 2.05) is 6.20 Å². The van der Waals surface area contributed by atoms with Gasteiger partial charge in [0.15, 0.2) is 0 Å². The molecule has 0 aliphatic carbocycles. The van der Waals surface area contributed by atoms with Gasteiger partial charge in [-0.15, -0.1) is 5.70 Å². The molecule has 1 N–H and O–H groups in total. The van der Waals surface area contributed by atoms with E-state index in [-0.39, 0.29) is 19.5 Å². The van der Waals surface area contributed by atoms with Crippen molar-refractivity contribution in [2.75, 3.05) is 6.67 Å². The van der Waals surface area contributed by atoms with Gasteiger partial charge in [0.1, 0.15) is 0 Å². The van der Waals surface area contributed by atoms with E-state index in [0.717, 1.165) is 13.1 Å². The van der Waals surface area contributed by atoms with Crippen LogP contribution in [0.5, 0.6) is 0 Å². The molecule has 3 heteroatoms. The molecule has 1 rings (SSSR count). The number of allylic oxidation sites excluding steroid dienone is 1. The van der Waals surface area contributed by atoms with E-state index in [1.54, 1.807) is 0 Å². The van der Waals surface area contributed by atoms with Crippen LogP contribution in [-0.2, 0) is 19.5 Å². The van der Waals surface area contributed by atoms with Crippen molar-refractivity contribution < 1.29 is 19.5 Å². The van der Waals surface area contributed by atoms with E-state index >= 15 is 0 Å². The van der Waals surface area contributed by atoms with E-state index in [9.17, 15) is 0 Å². The maximum Gasteiger partial charge on any atom is 1.00 e. The van der Waals surface area contributed by atoms with Crippen molar-refractivity contribution in [2.45, 2.75) is 13.3 Å². The van der Waals surface area contributed by atoms with Gasteiger partial charge in [-0.2, -0.15) is 0 Å². The summed E-state index contributed by atoms with van der Waals surface area (Å²) in [4.78, 5) is 0. The van der Waals surface area contributed by atoms with Crippen LogP contribution < -0.4 is 5.32 Å². The second-order valence-corrected chi connectivity index (χ2v) is 1.51. The predicted octanol–water partition coefficient (Wildman–Crippen LogP) is 1.17. The van der Waals surface area contributed by atoms with E-state index in [4.69, 9.17) is 0 Å². The molecule has 0 spiro atoms. The zero-order valence-corrected chi connectivity index (χ0v) is 6.53. The standard InChI is InChI=1S/C5H9N2.Ru/c1-2-5-3-6-4-7-5;/h3,6H,2,4H2,1H3;/q-1;+1. The van der Waals surface area contributed by atoms with Crippen LogP contribution in [0.3, 0.4) is 0 Å². The molecule has 8 heavy (non-hydrogen) atoms. The molecule has 0 unspecified atom stereocenters. The summed E-state index contributed by atoms with van der Waals surface area (Å²) in [6, 6.07) is 0. The molecule has 0 aromatic carbocycles. The Morgan fingerprint density at radius 3 is 2.88 bits per heavy atom. The molecule has 0 aromatic heterocycles. The summed E-state index contributed by atoms with van der Waals surface area (Å²) < 4.78 is 0. The summed E-state index contributed by atoms with van der Waals surface area (Å²) in [7, 11) is 0.